The maximum Gasteiger partial charge on any atom is 0.171 e. The molecule has 0 unspecified atom stereocenters. The van der Waals surface area contributed by atoms with Crippen molar-refractivity contribution < 1.29 is 4.57 Å². The molecule has 0 atom stereocenters. The van der Waals surface area contributed by atoms with Crippen molar-refractivity contribution in [1.82, 2.24) is 0 Å². The molecule has 0 aromatic carbocycles. The molecule has 0 spiro atoms. The number of nitrogens with zero attached hydrogens (tertiary/aromatic N) is 1. The third kappa shape index (κ3) is 36.5. The van der Waals surface area contributed by atoms with Crippen molar-refractivity contribution in [2.75, 3.05) is 0 Å². The van der Waals surface area contributed by atoms with Crippen LogP contribution in [0.4, 0.5) is 0 Å². The van der Waals surface area contributed by atoms with Gasteiger partial charge in [0.2, 0.25) is 0 Å². The molecular weight excluding hydrogens is 639 g/mol. The first-order valence-corrected chi connectivity index (χ1v) is 25.3. The van der Waals surface area contributed by atoms with Crippen LogP contribution >= 0.6 is 0 Å². The molecule has 1 rings (SSSR count). The first kappa shape index (κ1) is 50.2. The summed E-state index contributed by atoms with van der Waals surface area (Å²) >= 11 is 0. The molecule has 0 aliphatic rings. The van der Waals surface area contributed by atoms with Crippen molar-refractivity contribution in [3.05, 3.63) is 29.6 Å². The number of hydrogen-bond acceptors (Lipinski definition) is 0. The largest absolute Gasteiger partial charge is 0.205 e. The van der Waals surface area contributed by atoms with E-state index in [1.807, 2.05) is 0 Å². The van der Waals surface area contributed by atoms with Crippen LogP contribution in [0.1, 0.15) is 295 Å². The molecule has 0 N–H and O–H groups in total. The summed E-state index contributed by atoms with van der Waals surface area (Å²) in [6, 6.07) is 2.59. The molecule has 1 nitrogen and oxygen atoms in total. The summed E-state index contributed by atoms with van der Waals surface area (Å²) in [4.78, 5) is 0. The molecule has 312 valence electrons. The van der Waals surface area contributed by atoms with E-state index in [2.05, 4.69) is 43.8 Å². The van der Waals surface area contributed by atoms with E-state index < -0.39 is 0 Å². The highest BCUT2D eigenvalue weighted by Crippen LogP contribution is 2.17. The molecule has 0 amide bonds. The van der Waals surface area contributed by atoms with E-state index in [1.54, 1.807) is 11.1 Å². The highest BCUT2D eigenvalue weighted by atomic mass is 14.9. The zero-order valence-electron chi connectivity index (χ0n) is 37.3. The smallest absolute Gasteiger partial charge is 0.171 e. The Kier molecular flexibility index (Phi) is 40.0. The molecule has 0 saturated carbocycles. The van der Waals surface area contributed by atoms with Gasteiger partial charge in [0.05, 0.1) is 0 Å². The first-order chi connectivity index (χ1) is 26.3. The van der Waals surface area contributed by atoms with Gasteiger partial charge in [0.25, 0.3) is 0 Å². The van der Waals surface area contributed by atoms with Crippen LogP contribution in [-0.2, 0) is 19.4 Å². The van der Waals surface area contributed by atoms with Crippen LogP contribution in [0.5, 0.6) is 0 Å². The van der Waals surface area contributed by atoms with E-state index in [4.69, 9.17) is 0 Å². The van der Waals surface area contributed by atoms with Gasteiger partial charge in [-0.1, -0.05) is 258 Å². The summed E-state index contributed by atoms with van der Waals surface area (Å²) in [6.07, 6.45) is 66.8. The van der Waals surface area contributed by atoms with Gasteiger partial charge in [-0.3, -0.25) is 0 Å². The number of hydrogen-bond donors (Lipinski definition) is 0. The molecule has 1 aromatic heterocycles. The Hall–Kier alpha value is -0.850. The average Bonchev–Trinajstić information content (AvgIpc) is 3.17. The summed E-state index contributed by atoms with van der Waals surface area (Å²) < 4.78 is 2.59. The van der Waals surface area contributed by atoms with Gasteiger partial charge in [0.1, 0.15) is 6.54 Å². The van der Waals surface area contributed by atoms with Crippen molar-refractivity contribution in [3.8, 4) is 0 Å². The van der Waals surface area contributed by atoms with Crippen molar-refractivity contribution in [1.29, 1.82) is 0 Å². The average molecular weight is 739 g/mol. The normalized spacial score (nSPS) is 11.6. The molecule has 0 bridgehead atoms. The summed E-state index contributed by atoms with van der Waals surface area (Å²) in [7, 11) is 0. The van der Waals surface area contributed by atoms with Crippen molar-refractivity contribution >= 4 is 0 Å². The zero-order chi connectivity index (χ0) is 38.0. The quantitative estimate of drug-likeness (QED) is 0.0464. The van der Waals surface area contributed by atoms with Gasteiger partial charge >= 0.3 is 0 Å². The fourth-order valence-electron chi connectivity index (χ4n) is 8.54. The molecule has 1 aromatic rings. The standard InChI is InChI=1S/C52H100N/c1-4-7-10-13-16-19-22-25-27-30-33-36-39-42-45-51-48-52(46-43-40-37-34-31-28-26-23-20-17-14-11-8-5-2)50-53(49-51)47-44-41-38-35-32-29-24-21-18-15-12-9-6-3/h48-50H,4-47H2,1-3H3/q+1. The van der Waals surface area contributed by atoms with Gasteiger partial charge in [0.15, 0.2) is 12.4 Å². The van der Waals surface area contributed by atoms with Crippen LogP contribution in [0.15, 0.2) is 18.5 Å². The van der Waals surface area contributed by atoms with Crippen LogP contribution in [0.2, 0.25) is 0 Å². The van der Waals surface area contributed by atoms with Gasteiger partial charge in [-0.15, -0.1) is 0 Å². The molecule has 0 aliphatic carbocycles. The SMILES string of the molecule is CCCCCCCCCCCCCCCCc1cc(CCCCCCCCCCCCCCCC)c[n+](CCCCCCCCCCCCCCC)c1. The highest BCUT2D eigenvalue weighted by molar-refractivity contribution is 5.15. The third-order valence-electron chi connectivity index (χ3n) is 12.2. The van der Waals surface area contributed by atoms with Gasteiger partial charge in [-0.05, 0) is 38.2 Å². The molecule has 1 heterocycles. The Balaban J connectivity index is 2.29. The lowest BCUT2D eigenvalue weighted by Gasteiger charge is -2.08. The van der Waals surface area contributed by atoms with Gasteiger partial charge < -0.3 is 0 Å². The predicted octanol–water partition coefficient (Wildman–Crippen LogP) is 18.1. The highest BCUT2D eigenvalue weighted by Gasteiger charge is 2.09. The first-order valence-electron chi connectivity index (χ1n) is 25.3. The van der Waals surface area contributed by atoms with E-state index in [9.17, 15) is 0 Å². The fourth-order valence-corrected chi connectivity index (χ4v) is 8.54. The molecule has 0 radical (unpaired) electrons. The van der Waals surface area contributed by atoms with Crippen LogP contribution in [0, 0.1) is 0 Å². The van der Waals surface area contributed by atoms with Crippen LogP contribution in [0.3, 0.4) is 0 Å². The van der Waals surface area contributed by atoms with Crippen molar-refractivity contribution in [3.63, 3.8) is 0 Å². The van der Waals surface area contributed by atoms with E-state index in [0.717, 1.165) is 0 Å². The molecule has 0 aliphatic heterocycles. The summed E-state index contributed by atoms with van der Waals surface area (Å²) in [5, 5.41) is 0. The lowest BCUT2D eigenvalue weighted by molar-refractivity contribution is -0.698. The van der Waals surface area contributed by atoms with Gasteiger partial charge in [-0.2, -0.15) is 0 Å². The molecule has 0 fully saturated rings. The van der Waals surface area contributed by atoms with E-state index in [1.165, 1.54) is 283 Å². The lowest BCUT2D eigenvalue weighted by Crippen LogP contribution is -2.34. The van der Waals surface area contributed by atoms with Crippen molar-refractivity contribution in [2.45, 2.75) is 303 Å². The molecule has 53 heavy (non-hydrogen) atoms. The molecular formula is C52H100N+. The maximum absolute atomic E-state index is 2.59. The Bertz CT molecular complexity index is 778. The minimum Gasteiger partial charge on any atom is -0.205 e. The third-order valence-corrected chi connectivity index (χ3v) is 12.2. The summed E-state index contributed by atoms with van der Waals surface area (Å²) in [5.74, 6) is 0. The summed E-state index contributed by atoms with van der Waals surface area (Å²) in [5.41, 5.74) is 3.22. The van der Waals surface area contributed by atoms with Crippen LogP contribution < -0.4 is 4.57 Å². The zero-order valence-corrected chi connectivity index (χ0v) is 37.3. The number of aromatic nitrogens is 1. The Labute approximate surface area is 336 Å². The fraction of sp³-hybridized carbons (Fsp3) is 0.904. The number of rotatable bonds is 44. The Morgan fingerprint density at radius 2 is 0.472 bits per heavy atom. The van der Waals surface area contributed by atoms with Gasteiger partial charge in [-0.25, -0.2) is 4.57 Å². The second-order valence-corrected chi connectivity index (χ2v) is 17.7. The minimum atomic E-state index is 1.22. The van der Waals surface area contributed by atoms with Crippen molar-refractivity contribution in [2.24, 2.45) is 0 Å². The van der Waals surface area contributed by atoms with E-state index >= 15 is 0 Å². The topological polar surface area (TPSA) is 3.88 Å². The predicted molar refractivity (Wildman–Crippen MR) is 240 cm³/mol. The minimum absolute atomic E-state index is 1.22. The Morgan fingerprint density at radius 1 is 0.264 bits per heavy atom. The molecule has 1 heteroatoms. The van der Waals surface area contributed by atoms with Crippen LogP contribution in [0.25, 0.3) is 0 Å². The molecule has 0 saturated heterocycles. The van der Waals surface area contributed by atoms with E-state index in [-0.39, 0.29) is 0 Å². The van der Waals surface area contributed by atoms with Crippen LogP contribution in [-0.4, -0.2) is 0 Å². The summed E-state index contributed by atoms with van der Waals surface area (Å²) in [6.45, 7) is 8.17. The maximum atomic E-state index is 2.59. The van der Waals surface area contributed by atoms with Gasteiger partial charge in [0, 0.05) is 17.5 Å². The second-order valence-electron chi connectivity index (χ2n) is 17.7. The van der Waals surface area contributed by atoms with E-state index in [0.29, 0.717) is 0 Å². The Morgan fingerprint density at radius 3 is 0.717 bits per heavy atom. The number of aryl methyl sites for hydroxylation is 3. The lowest BCUT2D eigenvalue weighted by atomic mass is 10.0. The second kappa shape index (κ2) is 42.3. The number of unbranched alkanes of at least 4 members (excludes halogenated alkanes) is 38. The number of pyridine rings is 1. The monoisotopic (exact) mass is 739 g/mol.